The maximum atomic E-state index is 5.40. The molecule has 0 saturated heterocycles. The van der Waals surface area contributed by atoms with Crippen molar-refractivity contribution < 1.29 is 4.42 Å². The van der Waals surface area contributed by atoms with Gasteiger partial charge in [-0.2, -0.15) is 0 Å². The molecule has 4 aromatic rings. The molecule has 0 bridgehead atoms. The summed E-state index contributed by atoms with van der Waals surface area (Å²) < 4.78 is 7.65. The van der Waals surface area contributed by atoms with Crippen molar-refractivity contribution in [1.29, 1.82) is 0 Å². The molecule has 2 aromatic heterocycles. The zero-order valence-electron chi connectivity index (χ0n) is 15.1. The number of rotatable bonds is 5. The molecule has 2 heterocycles. The Hall–Kier alpha value is -3.07. The summed E-state index contributed by atoms with van der Waals surface area (Å²) >= 11 is 0. The van der Waals surface area contributed by atoms with Crippen molar-refractivity contribution in [3.05, 3.63) is 89.6 Å². The lowest BCUT2D eigenvalue weighted by atomic mass is 10.0. The summed E-state index contributed by atoms with van der Waals surface area (Å²) in [5.41, 5.74) is 4.78. The van der Waals surface area contributed by atoms with Crippen LogP contribution in [0.25, 0.3) is 23.2 Å². The second kappa shape index (κ2) is 7.04. The third-order valence-corrected chi connectivity index (χ3v) is 4.61. The maximum absolute atomic E-state index is 5.40. The molecule has 2 aromatic carbocycles. The lowest BCUT2D eigenvalue weighted by Gasteiger charge is -2.10. The number of aromatic nitrogens is 2. The number of imidazole rings is 1. The van der Waals surface area contributed by atoms with Gasteiger partial charge in [-0.1, -0.05) is 50.2 Å². The van der Waals surface area contributed by atoms with Crippen LogP contribution in [0.4, 0.5) is 0 Å². The van der Waals surface area contributed by atoms with Crippen LogP contribution < -0.4 is 0 Å². The summed E-state index contributed by atoms with van der Waals surface area (Å²) in [5, 5.41) is 0. The molecule has 4 rings (SSSR count). The van der Waals surface area contributed by atoms with Gasteiger partial charge >= 0.3 is 0 Å². The monoisotopic (exact) mass is 342 g/mol. The molecule has 0 N–H and O–H groups in total. The summed E-state index contributed by atoms with van der Waals surface area (Å²) in [6.07, 6.45) is 5.65. The molecule has 0 aliphatic heterocycles. The molecular weight excluding hydrogens is 320 g/mol. The minimum Gasteiger partial charge on any atom is -0.465 e. The quantitative estimate of drug-likeness (QED) is 0.447. The van der Waals surface area contributed by atoms with E-state index in [1.54, 1.807) is 6.26 Å². The molecule has 0 atom stereocenters. The van der Waals surface area contributed by atoms with Crippen molar-refractivity contribution >= 4 is 23.2 Å². The van der Waals surface area contributed by atoms with E-state index in [4.69, 9.17) is 9.40 Å². The summed E-state index contributed by atoms with van der Waals surface area (Å²) in [5.74, 6) is 2.30. The normalized spacial score (nSPS) is 11.8. The lowest BCUT2D eigenvalue weighted by molar-refractivity contribution is 0.557. The highest BCUT2D eigenvalue weighted by atomic mass is 16.3. The molecule has 0 spiro atoms. The Morgan fingerprint density at radius 3 is 2.50 bits per heavy atom. The van der Waals surface area contributed by atoms with E-state index >= 15 is 0 Å². The molecule has 0 saturated carbocycles. The Morgan fingerprint density at radius 2 is 1.77 bits per heavy atom. The highest BCUT2D eigenvalue weighted by Crippen LogP contribution is 2.21. The molecule has 0 aliphatic carbocycles. The number of furan rings is 1. The lowest BCUT2D eigenvalue weighted by Crippen LogP contribution is -2.02. The predicted octanol–water partition coefficient (Wildman–Crippen LogP) is 5.97. The highest BCUT2D eigenvalue weighted by molar-refractivity contribution is 5.79. The van der Waals surface area contributed by atoms with Crippen molar-refractivity contribution in [3.63, 3.8) is 0 Å². The fourth-order valence-corrected chi connectivity index (χ4v) is 3.12. The van der Waals surface area contributed by atoms with Crippen LogP contribution in [-0.2, 0) is 6.54 Å². The Bertz CT molecular complexity index is 1020. The minimum absolute atomic E-state index is 0.546. The fraction of sp³-hybridized carbons (Fsp3) is 0.174. The van der Waals surface area contributed by atoms with Crippen LogP contribution in [0.3, 0.4) is 0 Å². The molecule has 3 nitrogen and oxygen atoms in total. The van der Waals surface area contributed by atoms with Crippen LogP contribution in [0.5, 0.6) is 0 Å². The number of fused-ring (bicyclic) bond motifs is 1. The zero-order valence-corrected chi connectivity index (χ0v) is 15.1. The predicted molar refractivity (Wildman–Crippen MR) is 107 cm³/mol. The first kappa shape index (κ1) is 16.4. The van der Waals surface area contributed by atoms with Crippen LogP contribution in [0.1, 0.15) is 42.5 Å². The fourth-order valence-electron chi connectivity index (χ4n) is 3.12. The average molecular weight is 342 g/mol. The van der Waals surface area contributed by atoms with E-state index in [0.717, 1.165) is 29.2 Å². The zero-order chi connectivity index (χ0) is 17.9. The summed E-state index contributed by atoms with van der Waals surface area (Å²) in [6.45, 7) is 5.22. The van der Waals surface area contributed by atoms with E-state index in [9.17, 15) is 0 Å². The topological polar surface area (TPSA) is 31.0 Å². The molecule has 0 amide bonds. The smallest absolute Gasteiger partial charge is 0.134 e. The number of benzene rings is 2. The standard InChI is InChI=1S/C23H22N2O/c1-17(2)19-11-9-18(10-12-19)16-25-22-8-4-3-7-21(22)24-23(25)14-13-20-6-5-15-26-20/h3-15,17H,16H2,1-2H3/b14-13+. The van der Waals surface area contributed by atoms with Crippen molar-refractivity contribution in [1.82, 2.24) is 9.55 Å². The maximum Gasteiger partial charge on any atom is 0.134 e. The van der Waals surface area contributed by atoms with Crippen LogP contribution in [0.2, 0.25) is 0 Å². The van der Waals surface area contributed by atoms with Gasteiger partial charge in [0, 0.05) is 6.54 Å². The van der Waals surface area contributed by atoms with E-state index in [1.807, 2.05) is 30.4 Å². The van der Waals surface area contributed by atoms with Gasteiger partial charge in [-0.05, 0) is 53.5 Å². The highest BCUT2D eigenvalue weighted by Gasteiger charge is 2.09. The average Bonchev–Trinajstić information content (AvgIpc) is 3.29. The number of para-hydroxylation sites is 2. The van der Waals surface area contributed by atoms with E-state index < -0.39 is 0 Å². The molecule has 130 valence electrons. The first-order chi connectivity index (χ1) is 12.7. The molecular formula is C23H22N2O. The van der Waals surface area contributed by atoms with Crippen LogP contribution >= 0.6 is 0 Å². The molecule has 0 unspecified atom stereocenters. The van der Waals surface area contributed by atoms with Crippen molar-refractivity contribution in [2.24, 2.45) is 0 Å². The number of hydrogen-bond acceptors (Lipinski definition) is 2. The van der Waals surface area contributed by atoms with Gasteiger partial charge in [-0.15, -0.1) is 0 Å². The van der Waals surface area contributed by atoms with Crippen molar-refractivity contribution in [3.8, 4) is 0 Å². The van der Waals surface area contributed by atoms with E-state index in [-0.39, 0.29) is 0 Å². The van der Waals surface area contributed by atoms with E-state index in [2.05, 4.69) is 60.9 Å². The van der Waals surface area contributed by atoms with Gasteiger partial charge in [0.1, 0.15) is 11.6 Å². The minimum atomic E-state index is 0.546. The summed E-state index contributed by atoms with van der Waals surface area (Å²) in [4.78, 5) is 4.79. The second-order valence-corrected chi connectivity index (χ2v) is 6.79. The van der Waals surface area contributed by atoms with E-state index in [1.165, 1.54) is 11.1 Å². The van der Waals surface area contributed by atoms with Crippen molar-refractivity contribution in [2.75, 3.05) is 0 Å². The van der Waals surface area contributed by atoms with Gasteiger partial charge < -0.3 is 8.98 Å². The number of hydrogen-bond donors (Lipinski definition) is 0. The third-order valence-electron chi connectivity index (χ3n) is 4.61. The van der Waals surface area contributed by atoms with Gasteiger partial charge in [0.25, 0.3) is 0 Å². The van der Waals surface area contributed by atoms with Gasteiger partial charge in [0.05, 0.1) is 17.3 Å². The van der Waals surface area contributed by atoms with Gasteiger partial charge in [0.2, 0.25) is 0 Å². The molecule has 0 radical (unpaired) electrons. The summed E-state index contributed by atoms with van der Waals surface area (Å²) in [7, 11) is 0. The Morgan fingerprint density at radius 1 is 0.962 bits per heavy atom. The van der Waals surface area contributed by atoms with E-state index in [0.29, 0.717) is 5.92 Å². The first-order valence-electron chi connectivity index (χ1n) is 8.96. The van der Waals surface area contributed by atoms with Gasteiger partial charge in [0.15, 0.2) is 0 Å². The largest absolute Gasteiger partial charge is 0.465 e. The Labute approximate surface area is 153 Å². The van der Waals surface area contributed by atoms with Crippen LogP contribution in [-0.4, -0.2) is 9.55 Å². The van der Waals surface area contributed by atoms with Gasteiger partial charge in [-0.3, -0.25) is 0 Å². The van der Waals surface area contributed by atoms with Gasteiger partial charge in [-0.25, -0.2) is 4.98 Å². The third kappa shape index (κ3) is 3.33. The molecule has 0 aliphatic rings. The number of nitrogens with zero attached hydrogens (tertiary/aromatic N) is 2. The van der Waals surface area contributed by atoms with Crippen LogP contribution in [0.15, 0.2) is 71.3 Å². The Kier molecular flexibility index (Phi) is 4.44. The Balaban J connectivity index is 1.71. The van der Waals surface area contributed by atoms with Crippen LogP contribution in [0, 0.1) is 0 Å². The molecule has 3 heteroatoms. The first-order valence-corrected chi connectivity index (χ1v) is 8.96. The molecule has 0 fully saturated rings. The van der Waals surface area contributed by atoms with Crippen molar-refractivity contribution in [2.45, 2.75) is 26.3 Å². The SMILES string of the molecule is CC(C)c1ccc(Cn2c(/C=C/c3ccco3)nc3ccccc32)cc1. The second-order valence-electron chi connectivity index (χ2n) is 6.79. The summed E-state index contributed by atoms with van der Waals surface area (Å²) in [6, 6.07) is 20.9. The molecule has 26 heavy (non-hydrogen) atoms.